The van der Waals surface area contributed by atoms with E-state index in [2.05, 4.69) is 26.3 Å². The van der Waals surface area contributed by atoms with E-state index in [1.54, 1.807) is 12.4 Å². The summed E-state index contributed by atoms with van der Waals surface area (Å²) in [6.45, 7) is 0. The van der Waals surface area contributed by atoms with Crippen LogP contribution in [0.4, 0.5) is 11.4 Å². The van der Waals surface area contributed by atoms with Gasteiger partial charge < -0.3 is 0 Å². The second-order valence-electron chi connectivity index (χ2n) is 4.49. The maximum absolute atomic E-state index is 4.44. The van der Waals surface area contributed by atoms with Gasteiger partial charge in [0.15, 0.2) is 0 Å². The van der Waals surface area contributed by atoms with Crippen LogP contribution in [0.5, 0.6) is 0 Å². The zero-order valence-corrected chi connectivity index (χ0v) is 10.1. The Hall–Kier alpha value is -2.62. The van der Waals surface area contributed by atoms with E-state index in [-0.39, 0.29) is 0 Å². The molecule has 0 spiro atoms. The molecule has 0 radical (unpaired) electrons. The van der Waals surface area contributed by atoms with Gasteiger partial charge in [-0.2, -0.15) is 10.2 Å². The van der Waals surface area contributed by atoms with E-state index in [0.29, 0.717) is 0 Å². The van der Waals surface area contributed by atoms with Gasteiger partial charge in [0, 0.05) is 24.4 Å². The van der Waals surface area contributed by atoms with Crippen molar-refractivity contribution in [1.29, 1.82) is 0 Å². The van der Waals surface area contributed by atoms with E-state index in [4.69, 9.17) is 0 Å². The summed E-state index contributed by atoms with van der Waals surface area (Å²) in [5.41, 5.74) is 5.88. The Morgan fingerprint density at radius 2 is 1.63 bits per heavy atom. The van der Waals surface area contributed by atoms with Gasteiger partial charge in [0.1, 0.15) is 0 Å². The van der Waals surface area contributed by atoms with E-state index in [1.165, 1.54) is 5.56 Å². The molecule has 90 valence electrons. The Bertz CT molecular complexity index is 808. The molecule has 1 aliphatic rings. The predicted octanol–water partition coefficient (Wildman–Crippen LogP) is 3.95. The van der Waals surface area contributed by atoms with Crippen LogP contribution in [-0.2, 0) is 6.42 Å². The van der Waals surface area contributed by atoms with Crippen molar-refractivity contribution in [3.05, 3.63) is 59.9 Å². The Morgan fingerprint density at radius 3 is 2.63 bits per heavy atom. The van der Waals surface area contributed by atoms with E-state index in [0.717, 1.165) is 34.4 Å². The molecule has 19 heavy (non-hydrogen) atoms. The van der Waals surface area contributed by atoms with Gasteiger partial charge in [-0.3, -0.25) is 9.97 Å². The molecule has 2 aromatic carbocycles. The third kappa shape index (κ3) is 1.61. The summed E-state index contributed by atoms with van der Waals surface area (Å²) in [6, 6.07) is 12.0. The van der Waals surface area contributed by atoms with Crippen molar-refractivity contribution < 1.29 is 0 Å². The summed E-state index contributed by atoms with van der Waals surface area (Å²) < 4.78 is 0. The molecule has 0 fully saturated rings. The van der Waals surface area contributed by atoms with Crippen molar-refractivity contribution >= 4 is 22.4 Å². The third-order valence-electron chi connectivity index (χ3n) is 3.34. The highest BCUT2D eigenvalue weighted by Gasteiger charge is 2.14. The van der Waals surface area contributed by atoms with Crippen molar-refractivity contribution in [2.24, 2.45) is 10.2 Å². The Labute approximate surface area is 109 Å². The second kappa shape index (κ2) is 3.95. The molecule has 0 aliphatic carbocycles. The quantitative estimate of drug-likeness (QED) is 0.471. The van der Waals surface area contributed by atoms with Gasteiger partial charge in [0.25, 0.3) is 0 Å². The van der Waals surface area contributed by atoms with Crippen LogP contribution in [0.25, 0.3) is 11.0 Å². The first-order valence-corrected chi connectivity index (χ1v) is 6.14. The molecular formula is C15H10N4. The molecule has 4 heteroatoms. The molecule has 0 saturated heterocycles. The first kappa shape index (κ1) is 10.3. The van der Waals surface area contributed by atoms with Crippen molar-refractivity contribution in [1.82, 2.24) is 9.97 Å². The summed E-state index contributed by atoms with van der Waals surface area (Å²) in [4.78, 5) is 8.79. The van der Waals surface area contributed by atoms with E-state index in [9.17, 15) is 0 Å². The molecule has 0 saturated carbocycles. The molecule has 0 N–H and O–H groups in total. The third-order valence-corrected chi connectivity index (χ3v) is 3.34. The monoisotopic (exact) mass is 246 g/mol. The second-order valence-corrected chi connectivity index (χ2v) is 4.49. The summed E-state index contributed by atoms with van der Waals surface area (Å²) in [5.74, 6) is 0. The highest BCUT2D eigenvalue weighted by molar-refractivity contribution is 5.83. The maximum atomic E-state index is 4.44. The average molecular weight is 246 g/mol. The van der Waals surface area contributed by atoms with Gasteiger partial charge in [-0.05, 0) is 23.8 Å². The fraction of sp³-hybridized carbons (Fsp3) is 0.0667. The molecule has 1 aliphatic heterocycles. The highest BCUT2D eigenvalue weighted by Crippen LogP contribution is 2.35. The van der Waals surface area contributed by atoms with Crippen LogP contribution in [0.2, 0.25) is 0 Å². The van der Waals surface area contributed by atoms with E-state index in [1.807, 2.05) is 30.3 Å². The number of hydrogen-bond acceptors (Lipinski definition) is 4. The number of aromatic nitrogens is 2. The van der Waals surface area contributed by atoms with Crippen LogP contribution in [-0.4, -0.2) is 9.97 Å². The van der Waals surface area contributed by atoms with Crippen LogP contribution < -0.4 is 0 Å². The summed E-state index contributed by atoms with van der Waals surface area (Å²) in [6.07, 6.45) is 4.21. The molecule has 3 aromatic rings. The molecule has 4 nitrogen and oxygen atoms in total. The van der Waals surface area contributed by atoms with E-state index >= 15 is 0 Å². The van der Waals surface area contributed by atoms with Crippen LogP contribution in [0.15, 0.2) is 59.0 Å². The van der Waals surface area contributed by atoms with E-state index < -0.39 is 0 Å². The topological polar surface area (TPSA) is 50.5 Å². The van der Waals surface area contributed by atoms with Crippen molar-refractivity contribution in [2.45, 2.75) is 6.42 Å². The number of rotatable bonds is 0. The summed E-state index contributed by atoms with van der Waals surface area (Å²) >= 11 is 0. The normalized spacial score (nSPS) is 12.8. The highest BCUT2D eigenvalue weighted by atomic mass is 15.1. The maximum Gasteiger partial charge on any atom is 0.0944 e. The van der Waals surface area contributed by atoms with Crippen LogP contribution in [0.1, 0.15) is 11.1 Å². The first-order valence-electron chi connectivity index (χ1n) is 6.14. The Balaban J connectivity index is 2.03. The predicted molar refractivity (Wildman–Crippen MR) is 73.0 cm³/mol. The fourth-order valence-corrected chi connectivity index (χ4v) is 2.41. The number of azo groups is 1. The zero-order chi connectivity index (χ0) is 12.7. The number of nitrogens with zero attached hydrogens (tertiary/aromatic N) is 4. The van der Waals surface area contributed by atoms with Crippen molar-refractivity contribution in [3.8, 4) is 0 Å². The molecule has 4 rings (SSSR count). The lowest BCUT2D eigenvalue weighted by atomic mass is 10.0. The first-order chi connectivity index (χ1) is 9.42. The lowest BCUT2D eigenvalue weighted by Crippen LogP contribution is -1.93. The van der Waals surface area contributed by atoms with Crippen LogP contribution in [0.3, 0.4) is 0 Å². The molecular weight excluding hydrogens is 236 g/mol. The standard InChI is InChI=1S/C15H10N4/c1-2-4-12-10(3-1)9-11-13(19-18-12)5-6-14-15(11)17-8-7-16-14/h1-8H,9H2. The van der Waals surface area contributed by atoms with Gasteiger partial charge in [-0.25, -0.2) is 0 Å². The minimum absolute atomic E-state index is 0.786. The SMILES string of the molecule is c1ccc2c(c1)Cc1c(ccc3nccnc13)N=N2. The molecule has 0 bridgehead atoms. The Morgan fingerprint density at radius 1 is 0.789 bits per heavy atom. The average Bonchev–Trinajstić information content (AvgIpc) is 2.66. The van der Waals surface area contributed by atoms with Crippen molar-refractivity contribution in [2.75, 3.05) is 0 Å². The van der Waals surface area contributed by atoms with Gasteiger partial charge in [-0.15, -0.1) is 0 Å². The van der Waals surface area contributed by atoms with Gasteiger partial charge in [-0.1, -0.05) is 18.2 Å². The van der Waals surface area contributed by atoms with Crippen LogP contribution >= 0.6 is 0 Å². The minimum atomic E-state index is 0.786. The smallest absolute Gasteiger partial charge is 0.0944 e. The van der Waals surface area contributed by atoms with Crippen LogP contribution in [0, 0.1) is 0 Å². The Kier molecular flexibility index (Phi) is 2.14. The molecule has 0 unspecified atom stereocenters. The summed E-state index contributed by atoms with van der Waals surface area (Å²) in [7, 11) is 0. The minimum Gasteiger partial charge on any atom is -0.253 e. The van der Waals surface area contributed by atoms with Gasteiger partial charge >= 0.3 is 0 Å². The lowest BCUT2D eigenvalue weighted by Gasteiger charge is -2.06. The van der Waals surface area contributed by atoms with Gasteiger partial charge in [0.2, 0.25) is 0 Å². The van der Waals surface area contributed by atoms with Crippen molar-refractivity contribution in [3.63, 3.8) is 0 Å². The number of hydrogen-bond donors (Lipinski definition) is 0. The molecule has 2 heterocycles. The van der Waals surface area contributed by atoms with Gasteiger partial charge in [0.05, 0.1) is 22.4 Å². The lowest BCUT2D eigenvalue weighted by molar-refractivity contribution is 1.19. The molecule has 0 atom stereocenters. The largest absolute Gasteiger partial charge is 0.253 e. The fourth-order valence-electron chi connectivity index (χ4n) is 2.41. The number of fused-ring (bicyclic) bond motifs is 4. The number of benzene rings is 2. The zero-order valence-electron chi connectivity index (χ0n) is 10.1. The summed E-state index contributed by atoms with van der Waals surface area (Å²) in [5, 5.41) is 8.65. The molecule has 0 amide bonds. The molecule has 1 aromatic heterocycles.